The molecule has 13 heteroatoms. The molecular weight excluding hydrogens is 881 g/mol. The number of hydrogen-bond acceptors (Lipinski definition) is 13. The van der Waals surface area contributed by atoms with Crippen molar-refractivity contribution in [1.82, 2.24) is 0 Å². The molecule has 0 amide bonds. The molecule has 8 rings (SSSR count). The Kier molecular flexibility index (Phi) is 15.1. The second-order valence-corrected chi connectivity index (χ2v) is 15.9. The molecule has 0 saturated heterocycles. The fourth-order valence-electron chi connectivity index (χ4n) is 8.04. The van der Waals surface area contributed by atoms with E-state index in [1.807, 2.05) is 121 Å². The second kappa shape index (κ2) is 22.0. The van der Waals surface area contributed by atoms with Crippen LogP contribution in [0, 0.1) is 0 Å². The van der Waals surface area contributed by atoms with E-state index >= 15 is 0 Å². The fraction of sp³-hybridized carbons (Fsp3) is 0.196. The van der Waals surface area contributed by atoms with E-state index < -0.39 is 29.9 Å². The van der Waals surface area contributed by atoms with Crippen LogP contribution in [0.2, 0.25) is 0 Å². The first-order valence-corrected chi connectivity index (χ1v) is 22.1. The SMILES string of the molecule is COC(=O)c1cc2cc(C(O)CC(=O)Cc3cc4c(OC)cc(OC)c(OC)c4c(OCc4ccccc4)c3OCc3ccccc3)c(OCc3ccccc3)c(OCc3ccccc3)c2c(=O)o1. The first kappa shape index (κ1) is 47.2. The van der Waals surface area contributed by atoms with Gasteiger partial charge in [0.25, 0.3) is 0 Å². The standard InChI is InChI=1S/C56H50O13/c1-61-45-30-46(62-2)52(63-3)49-43(45)27-40(50(65-31-35-17-9-5-10-18-35)54(49)68-34-38-23-15-8-16-24-38)25-41(57)29-44(58)42-26-39-28-47(55(59)64-4)69-56(60)48(39)53(67-33-37-21-13-7-14-22-37)51(42)66-32-36-19-11-6-12-20-36/h5-24,26-28,30,44,58H,25,29,31-34H2,1-4H3. The van der Waals surface area contributed by atoms with Crippen LogP contribution in [0.25, 0.3) is 21.5 Å². The van der Waals surface area contributed by atoms with Gasteiger partial charge >= 0.3 is 11.6 Å². The Labute approximate surface area is 398 Å². The highest BCUT2D eigenvalue weighted by molar-refractivity contribution is 6.03. The summed E-state index contributed by atoms with van der Waals surface area (Å²) in [5.74, 6) is 0.0542. The molecule has 13 nitrogen and oxygen atoms in total. The number of aliphatic hydroxyl groups is 1. The fourth-order valence-corrected chi connectivity index (χ4v) is 8.04. The van der Waals surface area contributed by atoms with E-state index in [9.17, 15) is 19.5 Å². The first-order chi connectivity index (χ1) is 33.7. The molecule has 0 aliphatic carbocycles. The number of methoxy groups -OCH3 is 4. The predicted molar refractivity (Wildman–Crippen MR) is 259 cm³/mol. The van der Waals surface area contributed by atoms with Crippen molar-refractivity contribution < 1.29 is 57.0 Å². The third-order valence-electron chi connectivity index (χ3n) is 11.4. The molecular formula is C56H50O13. The number of carbonyl (C=O) groups excluding carboxylic acids is 2. The number of esters is 1. The van der Waals surface area contributed by atoms with Crippen LogP contribution >= 0.6 is 0 Å². The van der Waals surface area contributed by atoms with Gasteiger partial charge in [-0.15, -0.1) is 0 Å². The smallest absolute Gasteiger partial charge is 0.374 e. The first-order valence-electron chi connectivity index (χ1n) is 22.1. The van der Waals surface area contributed by atoms with Crippen LogP contribution in [0.4, 0.5) is 0 Å². The average molecular weight is 931 g/mol. The van der Waals surface area contributed by atoms with Crippen molar-refractivity contribution in [3.8, 4) is 40.2 Å². The van der Waals surface area contributed by atoms with Crippen LogP contribution in [-0.4, -0.2) is 45.3 Å². The van der Waals surface area contributed by atoms with Gasteiger partial charge in [-0.1, -0.05) is 121 Å². The molecule has 1 unspecified atom stereocenters. The Morgan fingerprint density at radius 2 is 1.01 bits per heavy atom. The van der Waals surface area contributed by atoms with Crippen LogP contribution in [0.5, 0.6) is 40.2 Å². The highest BCUT2D eigenvalue weighted by atomic mass is 16.5. The lowest BCUT2D eigenvalue weighted by molar-refractivity contribution is -0.120. The summed E-state index contributed by atoms with van der Waals surface area (Å²) < 4.78 is 54.2. The van der Waals surface area contributed by atoms with Crippen LogP contribution in [0.15, 0.2) is 155 Å². The Bertz CT molecular complexity index is 3120. The molecule has 0 bridgehead atoms. The summed E-state index contributed by atoms with van der Waals surface area (Å²) in [6.07, 6.45) is -2.20. The second-order valence-electron chi connectivity index (χ2n) is 15.9. The number of hydrogen-bond donors (Lipinski definition) is 1. The monoisotopic (exact) mass is 930 g/mol. The quantitative estimate of drug-likeness (QED) is 0.0679. The summed E-state index contributed by atoms with van der Waals surface area (Å²) in [6.45, 7) is 0.258. The van der Waals surface area contributed by atoms with Crippen molar-refractivity contribution in [2.45, 2.75) is 45.4 Å². The average Bonchev–Trinajstić information content (AvgIpc) is 3.38. The van der Waals surface area contributed by atoms with Crippen molar-refractivity contribution in [2.75, 3.05) is 28.4 Å². The zero-order valence-electron chi connectivity index (χ0n) is 38.5. The largest absolute Gasteiger partial charge is 0.496 e. The molecule has 0 radical (unpaired) electrons. The number of fused-ring (bicyclic) bond motifs is 2. The van der Waals surface area contributed by atoms with E-state index in [1.54, 1.807) is 12.1 Å². The molecule has 0 saturated carbocycles. The molecule has 1 N–H and O–H groups in total. The maximum atomic E-state index is 14.7. The highest BCUT2D eigenvalue weighted by Gasteiger charge is 2.30. The van der Waals surface area contributed by atoms with Crippen LogP contribution in [0.1, 0.15) is 56.5 Å². The number of ether oxygens (including phenoxy) is 8. The summed E-state index contributed by atoms with van der Waals surface area (Å²) >= 11 is 0. The van der Waals surface area contributed by atoms with E-state index in [0.717, 1.165) is 29.4 Å². The third-order valence-corrected chi connectivity index (χ3v) is 11.4. The highest BCUT2D eigenvalue weighted by Crippen LogP contribution is 2.51. The normalized spacial score (nSPS) is 11.4. The van der Waals surface area contributed by atoms with E-state index in [0.29, 0.717) is 33.6 Å². The van der Waals surface area contributed by atoms with Gasteiger partial charge in [-0.3, -0.25) is 4.79 Å². The van der Waals surface area contributed by atoms with Gasteiger partial charge in [-0.2, -0.15) is 0 Å². The lowest BCUT2D eigenvalue weighted by Crippen LogP contribution is -2.15. The summed E-state index contributed by atoms with van der Waals surface area (Å²) in [6, 6.07) is 44.1. The molecule has 0 fully saturated rings. The van der Waals surface area contributed by atoms with E-state index in [-0.39, 0.29) is 77.9 Å². The van der Waals surface area contributed by atoms with Crippen molar-refractivity contribution in [3.05, 3.63) is 195 Å². The molecule has 69 heavy (non-hydrogen) atoms. The van der Waals surface area contributed by atoms with Crippen molar-refractivity contribution in [3.63, 3.8) is 0 Å². The van der Waals surface area contributed by atoms with Gasteiger partial charge in [0.2, 0.25) is 5.76 Å². The number of carbonyl (C=O) groups is 2. The Balaban J connectivity index is 1.24. The number of aliphatic hydroxyl groups excluding tert-OH is 1. The summed E-state index contributed by atoms with van der Waals surface area (Å²) in [5.41, 5.74) is 2.97. The van der Waals surface area contributed by atoms with Gasteiger partial charge in [-0.25, -0.2) is 9.59 Å². The summed E-state index contributed by atoms with van der Waals surface area (Å²) in [5, 5.41) is 13.5. The molecule has 1 heterocycles. The van der Waals surface area contributed by atoms with Crippen LogP contribution in [-0.2, 0) is 42.4 Å². The molecule has 8 aromatic rings. The van der Waals surface area contributed by atoms with Crippen molar-refractivity contribution in [1.29, 1.82) is 0 Å². The van der Waals surface area contributed by atoms with Crippen molar-refractivity contribution in [2.24, 2.45) is 0 Å². The van der Waals surface area contributed by atoms with Crippen LogP contribution in [0.3, 0.4) is 0 Å². The zero-order chi connectivity index (χ0) is 48.3. The van der Waals surface area contributed by atoms with E-state index in [2.05, 4.69) is 0 Å². The number of benzene rings is 7. The molecule has 1 atom stereocenters. The molecule has 0 aliphatic rings. The third kappa shape index (κ3) is 10.8. The molecule has 0 spiro atoms. The lowest BCUT2D eigenvalue weighted by atomic mass is 9.94. The minimum absolute atomic E-state index is 0.00314. The molecule has 352 valence electrons. The molecule has 0 aliphatic heterocycles. The predicted octanol–water partition coefficient (Wildman–Crippen LogP) is 10.3. The van der Waals surface area contributed by atoms with Gasteiger partial charge in [0.1, 0.15) is 43.3 Å². The number of Topliss-reactive ketones (excluding diaryl/α,β-unsaturated/α-hetero) is 1. The van der Waals surface area contributed by atoms with Crippen molar-refractivity contribution >= 4 is 33.3 Å². The Morgan fingerprint density at radius 1 is 0.536 bits per heavy atom. The van der Waals surface area contributed by atoms with Crippen LogP contribution < -0.4 is 38.8 Å². The molecule has 7 aromatic carbocycles. The maximum absolute atomic E-state index is 14.7. The minimum Gasteiger partial charge on any atom is -0.496 e. The van der Waals surface area contributed by atoms with Gasteiger partial charge in [0, 0.05) is 35.4 Å². The number of ketones is 1. The van der Waals surface area contributed by atoms with Gasteiger partial charge in [0.15, 0.2) is 34.5 Å². The lowest BCUT2D eigenvalue weighted by Gasteiger charge is -2.23. The number of rotatable bonds is 21. The van der Waals surface area contributed by atoms with E-state index in [4.69, 9.17) is 42.3 Å². The topological polar surface area (TPSA) is 158 Å². The van der Waals surface area contributed by atoms with Gasteiger partial charge in [0.05, 0.1) is 39.9 Å². The zero-order valence-corrected chi connectivity index (χ0v) is 38.5. The summed E-state index contributed by atoms with van der Waals surface area (Å²) in [4.78, 5) is 41.2. The van der Waals surface area contributed by atoms with Gasteiger partial charge < -0.3 is 47.4 Å². The molecule has 1 aromatic heterocycles. The Hall–Kier alpha value is -8.29. The minimum atomic E-state index is -1.53. The maximum Gasteiger partial charge on any atom is 0.374 e. The summed E-state index contributed by atoms with van der Waals surface area (Å²) in [7, 11) is 5.75. The van der Waals surface area contributed by atoms with E-state index in [1.165, 1.54) is 33.5 Å². The Morgan fingerprint density at radius 3 is 1.49 bits per heavy atom. The van der Waals surface area contributed by atoms with Gasteiger partial charge in [-0.05, 0) is 45.8 Å².